The van der Waals surface area contributed by atoms with Gasteiger partial charge in [0, 0.05) is 12.6 Å². The number of rotatable bonds is 4. The lowest BCUT2D eigenvalue weighted by atomic mass is 10.1. The van der Waals surface area contributed by atoms with E-state index in [-0.39, 0.29) is 17.9 Å². The fraction of sp³-hybridized carbons (Fsp3) is 0.250. The van der Waals surface area contributed by atoms with Gasteiger partial charge in [-0.3, -0.25) is 9.59 Å². The van der Waals surface area contributed by atoms with Gasteiger partial charge in [-0.05, 0) is 23.8 Å². The molecule has 6 nitrogen and oxygen atoms in total. The molecule has 1 aromatic carbocycles. The summed E-state index contributed by atoms with van der Waals surface area (Å²) in [6, 6.07) is 4.33. The Labute approximate surface area is 104 Å². The molecule has 0 aliphatic carbocycles. The number of hydrogen-bond acceptors (Lipinski definition) is 4. The predicted octanol–water partition coefficient (Wildman–Crippen LogP) is 1.06. The van der Waals surface area contributed by atoms with Gasteiger partial charge in [-0.1, -0.05) is 0 Å². The first-order valence-electron chi connectivity index (χ1n) is 5.14. The summed E-state index contributed by atoms with van der Waals surface area (Å²) in [5.74, 6) is -1.92. The topological polar surface area (TPSA) is 92.7 Å². The summed E-state index contributed by atoms with van der Waals surface area (Å²) in [5, 5.41) is 11.3. The minimum atomic E-state index is -1.05. The number of carbonyl (C=O) groups excluding carboxylic acids is 2. The smallest absolute Gasteiger partial charge is 0.337 e. The molecule has 0 radical (unpaired) electrons. The van der Waals surface area contributed by atoms with Crippen LogP contribution in [0.1, 0.15) is 22.8 Å². The fourth-order valence-electron chi connectivity index (χ4n) is 1.46. The summed E-state index contributed by atoms with van der Waals surface area (Å²) >= 11 is 0. The molecule has 0 aromatic heterocycles. The second kappa shape index (κ2) is 5.81. The van der Waals surface area contributed by atoms with Gasteiger partial charge in [0.15, 0.2) is 0 Å². The fourth-order valence-corrected chi connectivity index (χ4v) is 1.46. The maximum absolute atomic E-state index is 11.3. The summed E-state index contributed by atoms with van der Waals surface area (Å²) in [6.45, 7) is 1.32. The number of ether oxygens (including phenoxy) is 1. The highest BCUT2D eigenvalue weighted by atomic mass is 16.5. The van der Waals surface area contributed by atoms with E-state index in [1.807, 2.05) is 0 Å². The maximum atomic E-state index is 11.3. The highest BCUT2D eigenvalue weighted by Gasteiger charge is 2.12. The Bertz CT molecular complexity index is 495. The number of anilines is 1. The molecule has 0 aliphatic heterocycles. The molecular weight excluding hydrogens is 238 g/mol. The molecule has 0 fully saturated rings. The number of aliphatic carboxylic acids is 1. The van der Waals surface area contributed by atoms with E-state index in [2.05, 4.69) is 10.1 Å². The van der Waals surface area contributed by atoms with E-state index < -0.39 is 11.9 Å². The van der Waals surface area contributed by atoms with Gasteiger partial charge in [0.1, 0.15) is 0 Å². The van der Waals surface area contributed by atoms with E-state index in [9.17, 15) is 14.4 Å². The first kappa shape index (κ1) is 13.7. The van der Waals surface area contributed by atoms with Crippen molar-refractivity contribution < 1.29 is 24.2 Å². The van der Waals surface area contributed by atoms with E-state index in [4.69, 9.17) is 5.11 Å². The van der Waals surface area contributed by atoms with Gasteiger partial charge in [-0.15, -0.1) is 0 Å². The van der Waals surface area contributed by atoms with Crippen molar-refractivity contribution in [3.05, 3.63) is 29.3 Å². The van der Waals surface area contributed by atoms with Crippen LogP contribution in [0.2, 0.25) is 0 Å². The normalized spacial score (nSPS) is 9.67. The van der Waals surface area contributed by atoms with E-state index in [0.29, 0.717) is 11.3 Å². The van der Waals surface area contributed by atoms with Crippen LogP contribution >= 0.6 is 0 Å². The molecule has 2 N–H and O–H groups in total. The van der Waals surface area contributed by atoms with Crippen molar-refractivity contribution in [2.24, 2.45) is 0 Å². The summed E-state index contributed by atoms with van der Waals surface area (Å²) in [7, 11) is 1.24. The van der Waals surface area contributed by atoms with Crippen molar-refractivity contribution in [3.63, 3.8) is 0 Å². The molecule has 1 aromatic rings. The van der Waals surface area contributed by atoms with Crippen LogP contribution in [0.15, 0.2) is 18.2 Å². The second-order valence-electron chi connectivity index (χ2n) is 3.62. The van der Waals surface area contributed by atoms with Crippen molar-refractivity contribution in [2.75, 3.05) is 12.4 Å². The lowest BCUT2D eigenvalue weighted by Gasteiger charge is -2.10. The average molecular weight is 251 g/mol. The number of nitrogens with one attached hydrogen (secondary N) is 1. The summed E-state index contributed by atoms with van der Waals surface area (Å²) in [5.41, 5.74) is 0.959. The zero-order valence-corrected chi connectivity index (χ0v) is 10.0. The maximum Gasteiger partial charge on any atom is 0.337 e. The minimum Gasteiger partial charge on any atom is -0.481 e. The molecule has 6 heteroatoms. The van der Waals surface area contributed by atoms with E-state index >= 15 is 0 Å². The molecule has 18 heavy (non-hydrogen) atoms. The van der Waals surface area contributed by atoms with Gasteiger partial charge < -0.3 is 15.2 Å². The van der Waals surface area contributed by atoms with Gasteiger partial charge >= 0.3 is 11.9 Å². The molecule has 0 bridgehead atoms. The lowest BCUT2D eigenvalue weighted by Crippen LogP contribution is -2.12. The monoisotopic (exact) mass is 251 g/mol. The molecule has 1 amide bonds. The largest absolute Gasteiger partial charge is 0.481 e. The summed E-state index contributed by atoms with van der Waals surface area (Å²) in [6.07, 6.45) is -0.291. The number of benzene rings is 1. The van der Waals surface area contributed by atoms with Gasteiger partial charge in [-0.25, -0.2) is 4.79 Å². The van der Waals surface area contributed by atoms with Crippen molar-refractivity contribution in [2.45, 2.75) is 13.3 Å². The predicted molar refractivity (Wildman–Crippen MR) is 63.4 cm³/mol. The van der Waals surface area contributed by atoms with Gasteiger partial charge in [0.05, 0.1) is 19.1 Å². The van der Waals surface area contributed by atoms with Gasteiger partial charge in [-0.2, -0.15) is 0 Å². The third kappa shape index (κ3) is 3.58. The quantitative estimate of drug-likeness (QED) is 0.780. The summed E-state index contributed by atoms with van der Waals surface area (Å²) in [4.78, 5) is 33.0. The minimum absolute atomic E-state index is 0.239. The zero-order chi connectivity index (χ0) is 13.7. The molecule has 0 saturated heterocycles. The third-order valence-corrected chi connectivity index (χ3v) is 2.18. The zero-order valence-electron chi connectivity index (χ0n) is 10.0. The van der Waals surface area contributed by atoms with E-state index in [1.165, 1.54) is 32.2 Å². The number of amides is 1. The number of hydrogen-bond donors (Lipinski definition) is 2. The Morgan fingerprint density at radius 3 is 2.50 bits per heavy atom. The molecule has 0 heterocycles. The molecule has 96 valence electrons. The van der Waals surface area contributed by atoms with Crippen LogP contribution in [-0.4, -0.2) is 30.1 Å². The Hall–Kier alpha value is -2.37. The Morgan fingerprint density at radius 2 is 2.00 bits per heavy atom. The van der Waals surface area contributed by atoms with Crippen LogP contribution in [0.4, 0.5) is 5.69 Å². The first-order valence-corrected chi connectivity index (χ1v) is 5.14. The molecule has 0 atom stereocenters. The first-order chi connectivity index (χ1) is 8.43. The SMILES string of the molecule is COC(=O)c1ccc(NC(C)=O)c(CC(=O)O)c1. The van der Waals surface area contributed by atoms with E-state index in [1.54, 1.807) is 0 Å². The van der Waals surface area contributed by atoms with Gasteiger partial charge in [0.2, 0.25) is 5.91 Å². The van der Waals surface area contributed by atoms with Crippen molar-refractivity contribution in [1.82, 2.24) is 0 Å². The summed E-state index contributed by atoms with van der Waals surface area (Å²) < 4.78 is 4.54. The number of carboxylic acid groups (broad SMARTS) is 1. The van der Waals surface area contributed by atoms with Crippen LogP contribution in [0.25, 0.3) is 0 Å². The van der Waals surface area contributed by atoms with Crippen molar-refractivity contribution >= 4 is 23.5 Å². The Kier molecular flexibility index (Phi) is 4.42. The van der Waals surface area contributed by atoms with Crippen LogP contribution < -0.4 is 5.32 Å². The number of carboxylic acids is 1. The van der Waals surface area contributed by atoms with Crippen molar-refractivity contribution in [1.29, 1.82) is 0 Å². The van der Waals surface area contributed by atoms with Crippen LogP contribution in [-0.2, 0) is 20.7 Å². The second-order valence-corrected chi connectivity index (χ2v) is 3.62. The average Bonchev–Trinajstić information content (AvgIpc) is 2.29. The Balaban J connectivity index is 3.15. The van der Waals surface area contributed by atoms with Gasteiger partial charge in [0.25, 0.3) is 0 Å². The molecule has 0 spiro atoms. The molecule has 0 aliphatic rings. The standard InChI is InChI=1S/C12H13NO5/c1-7(14)13-10-4-3-8(12(17)18-2)5-9(10)6-11(15)16/h3-5H,6H2,1-2H3,(H,13,14)(H,15,16). The molecule has 0 unspecified atom stereocenters. The highest BCUT2D eigenvalue weighted by molar-refractivity contribution is 5.94. The molecular formula is C12H13NO5. The van der Waals surface area contributed by atoms with Crippen molar-refractivity contribution in [3.8, 4) is 0 Å². The molecule has 0 saturated carbocycles. The van der Waals surface area contributed by atoms with E-state index in [0.717, 1.165) is 0 Å². The Morgan fingerprint density at radius 1 is 1.33 bits per heavy atom. The molecule has 1 rings (SSSR count). The number of carbonyl (C=O) groups is 3. The number of methoxy groups -OCH3 is 1. The number of esters is 1. The highest BCUT2D eigenvalue weighted by Crippen LogP contribution is 2.19. The lowest BCUT2D eigenvalue weighted by molar-refractivity contribution is -0.136. The van der Waals surface area contributed by atoms with Crippen LogP contribution in [0, 0.1) is 0 Å². The van der Waals surface area contributed by atoms with Crippen LogP contribution in [0.3, 0.4) is 0 Å². The third-order valence-electron chi connectivity index (χ3n) is 2.18. The van der Waals surface area contributed by atoms with Crippen LogP contribution in [0.5, 0.6) is 0 Å².